The first-order chi connectivity index (χ1) is 9.15. The Kier molecular flexibility index (Phi) is 6.46. The Labute approximate surface area is 117 Å². The molecule has 1 aromatic rings. The number of allylic oxidation sites excluding steroid dienone is 1. The number of carbonyl (C=O) groups is 2. The Morgan fingerprint density at radius 2 is 2.05 bits per heavy atom. The largest absolute Gasteiger partial charge is 0.343 e. The molecule has 0 unspecified atom stereocenters. The lowest BCUT2D eigenvalue weighted by atomic mass is 10.2. The highest BCUT2D eigenvalue weighted by Gasteiger charge is 2.10. The van der Waals surface area contributed by atoms with Gasteiger partial charge in [-0.2, -0.15) is 0 Å². The van der Waals surface area contributed by atoms with E-state index in [9.17, 15) is 9.59 Å². The lowest BCUT2D eigenvalue weighted by Crippen LogP contribution is -2.41. The SMILES string of the molecule is CC/C=C\NNC(=O)CNC(=O)c1ccccc1Cl. The summed E-state index contributed by atoms with van der Waals surface area (Å²) in [6.07, 6.45) is 4.34. The fourth-order valence-electron chi connectivity index (χ4n) is 1.24. The summed E-state index contributed by atoms with van der Waals surface area (Å²) in [7, 11) is 0. The van der Waals surface area contributed by atoms with Gasteiger partial charge in [0, 0.05) is 6.20 Å². The Balaban J connectivity index is 2.36. The van der Waals surface area contributed by atoms with Crippen molar-refractivity contribution in [3.05, 3.63) is 47.1 Å². The van der Waals surface area contributed by atoms with Crippen LogP contribution in [0.3, 0.4) is 0 Å². The summed E-state index contributed by atoms with van der Waals surface area (Å²) in [6, 6.07) is 6.65. The van der Waals surface area contributed by atoms with Crippen LogP contribution < -0.4 is 16.2 Å². The highest BCUT2D eigenvalue weighted by molar-refractivity contribution is 6.33. The Bertz CT molecular complexity index is 475. The van der Waals surface area contributed by atoms with E-state index in [0.29, 0.717) is 10.6 Å². The van der Waals surface area contributed by atoms with Crippen LogP contribution in [0.25, 0.3) is 0 Å². The van der Waals surface area contributed by atoms with Gasteiger partial charge in [0.1, 0.15) is 0 Å². The van der Waals surface area contributed by atoms with Gasteiger partial charge in [0.25, 0.3) is 11.8 Å². The first-order valence-electron chi connectivity index (χ1n) is 5.87. The van der Waals surface area contributed by atoms with Crippen molar-refractivity contribution in [3.8, 4) is 0 Å². The summed E-state index contributed by atoms with van der Waals surface area (Å²) in [5, 5.41) is 2.83. The molecule has 0 atom stereocenters. The van der Waals surface area contributed by atoms with Gasteiger partial charge in [-0.15, -0.1) is 0 Å². The summed E-state index contributed by atoms with van der Waals surface area (Å²) in [5.41, 5.74) is 5.36. The third kappa shape index (κ3) is 5.44. The van der Waals surface area contributed by atoms with Crippen molar-refractivity contribution in [3.63, 3.8) is 0 Å². The number of nitrogens with one attached hydrogen (secondary N) is 3. The van der Waals surface area contributed by atoms with E-state index in [1.165, 1.54) is 0 Å². The van der Waals surface area contributed by atoms with Crippen molar-refractivity contribution < 1.29 is 9.59 Å². The highest BCUT2D eigenvalue weighted by atomic mass is 35.5. The van der Waals surface area contributed by atoms with Crippen LogP contribution in [0.1, 0.15) is 23.7 Å². The maximum atomic E-state index is 11.7. The van der Waals surface area contributed by atoms with Crippen molar-refractivity contribution >= 4 is 23.4 Å². The second-order valence-electron chi connectivity index (χ2n) is 3.67. The molecule has 3 N–H and O–H groups in total. The highest BCUT2D eigenvalue weighted by Crippen LogP contribution is 2.14. The van der Waals surface area contributed by atoms with E-state index in [2.05, 4.69) is 16.2 Å². The average Bonchev–Trinajstić information content (AvgIpc) is 2.41. The van der Waals surface area contributed by atoms with Crippen molar-refractivity contribution in [2.24, 2.45) is 0 Å². The molecule has 6 heteroatoms. The number of rotatable bonds is 6. The van der Waals surface area contributed by atoms with Gasteiger partial charge >= 0.3 is 0 Å². The van der Waals surface area contributed by atoms with E-state index >= 15 is 0 Å². The first-order valence-corrected chi connectivity index (χ1v) is 6.25. The molecule has 0 aromatic heterocycles. The predicted molar refractivity (Wildman–Crippen MR) is 74.5 cm³/mol. The van der Waals surface area contributed by atoms with Gasteiger partial charge in [0.05, 0.1) is 17.1 Å². The molecule has 1 aromatic carbocycles. The van der Waals surface area contributed by atoms with E-state index in [-0.39, 0.29) is 18.4 Å². The number of amides is 2. The Morgan fingerprint density at radius 1 is 1.32 bits per heavy atom. The number of hydrogen-bond donors (Lipinski definition) is 3. The van der Waals surface area contributed by atoms with Crippen LogP contribution >= 0.6 is 11.6 Å². The third-order valence-corrected chi connectivity index (χ3v) is 2.51. The number of halogens is 1. The van der Waals surface area contributed by atoms with Gasteiger partial charge in [-0.25, -0.2) is 0 Å². The predicted octanol–water partition coefficient (Wildman–Crippen LogP) is 1.61. The molecule has 0 fully saturated rings. The molecule has 0 saturated carbocycles. The minimum Gasteiger partial charge on any atom is -0.343 e. The van der Waals surface area contributed by atoms with Gasteiger partial charge < -0.3 is 10.7 Å². The third-order valence-electron chi connectivity index (χ3n) is 2.18. The lowest BCUT2D eigenvalue weighted by molar-refractivity contribution is -0.120. The van der Waals surface area contributed by atoms with Crippen LogP contribution in [0.5, 0.6) is 0 Å². The topological polar surface area (TPSA) is 70.2 Å². The molecule has 1 rings (SSSR count). The molecule has 0 aliphatic heterocycles. The van der Waals surface area contributed by atoms with Crippen molar-refractivity contribution in [1.82, 2.24) is 16.2 Å². The smallest absolute Gasteiger partial charge is 0.257 e. The zero-order valence-corrected chi connectivity index (χ0v) is 11.3. The van der Waals surface area contributed by atoms with Gasteiger partial charge in [-0.3, -0.25) is 15.0 Å². The van der Waals surface area contributed by atoms with Crippen LogP contribution in [0.15, 0.2) is 36.5 Å². The fourth-order valence-corrected chi connectivity index (χ4v) is 1.47. The van der Waals surface area contributed by atoms with E-state index in [4.69, 9.17) is 11.6 Å². The molecular weight excluding hydrogens is 266 g/mol. The van der Waals surface area contributed by atoms with E-state index < -0.39 is 0 Å². The molecule has 5 nitrogen and oxygen atoms in total. The van der Waals surface area contributed by atoms with E-state index in [1.807, 2.05) is 13.0 Å². The van der Waals surface area contributed by atoms with Crippen LogP contribution in [0.2, 0.25) is 5.02 Å². The summed E-state index contributed by atoms with van der Waals surface area (Å²) in [4.78, 5) is 23.1. The van der Waals surface area contributed by atoms with Gasteiger partial charge in [-0.05, 0) is 18.6 Å². The molecule has 0 saturated heterocycles. The van der Waals surface area contributed by atoms with Gasteiger partial charge in [0.2, 0.25) is 0 Å². The number of carbonyl (C=O) groups excluding carboxylic acids is 2. The normalized spacial score (nSPS) is 10.2. The number of hydrogen-bond acceptors (Lipinski definition) is 3. The second-order valence-corrected chi connectivity index (χ2v) is 4.07. The first kappa shape index (κ1) is 15.0. The van der Waals surface area contributed by atoms with Crippen LogP contribution in [-0.4, -0.2) is 18.4 Å². The van der Waals surface area contributed by atoms with Crippen LogP contribution in [0.4, 0.5) is 0 Å². The summed E-state index contributed by atoms with van der Waals surface area (Å²) in [5.74, 6) is -0.731. The fraction of sp³-hybridized carbons (Fsp3) is 0.231. The summed E-state index contributed by atoms with van der Waals surface area (Å²) in [6.45, 7) is 1.85. The molecule has 0 aliphatic carbocycles. The molecule has 19 heavy (non-hydrogen) atoms. The number of benzene rings is 1. The standard InChI is InChI=1S/C13H16ClN3O2/c1-2-3-8-16-17-12(18)9-15-13(19)10-6-4-5-7-11(10)14/h3-8,16H,2,9H2,1H3,(H,15,19)(H,17,18)/b8-3-. The summed E-state index contributed by atoms with van der Waals surface area (Å²) < 4.78 is 0. The molecular formula is C13H16ClN3O2. The molecule has 2 amide bonds. The molecule has 0 heterocycles. The molecule has 0 spiro atoms. The maximum Gasteiger partial charge on any atom is 0.257 e. The molecule has 0 radical (unpaired) electrons. The zero-order valence-electron chi connectivity index (χ0n) is 10.6. The maximum absolute atomic E-state index is 11.7. The van der Waals surface area contributed by atoms with Crippen LogP contribution in [-0.2, 0) is 4.79 Å². The Morgan fingerprint density at radius 3 is 2.74 bits per heavy atom. The van der Waals surface area contributed by atoms with Crippen molar-refractivity contribution in [2.45, 2.75) is 13.3 Å². The number of hydrazine groups is 1. The quantitative estimate of drug-likeness (QED) is 0.694. The molecule has 0 bridgehead atoms. The zero-order chi connectivity index (χ0) is 14.1. The molecule has 0 aliphatic rings. The average molecular weight is 282 g/mol. The van der Waals surface area contributed by atoms with Crippen LogP contribution in [0, 0.1) is 0 Å². The second kappa shape index (κ2) is 8.16. The van der Waals surface area contributed by atoms with E-state index in [0.717, 1.165) is 6.42 Å². The van der Waals surface area contributed by atoms with Gasteiger partial charge in [0.15, 0.2) is 0 Å². The Hall–Kier alpha value is -2.01. The lowest BCUT2D eigenvalue weighted by Gasteiger charge is -2.07. The minimum atomic E-state index is -0.384. The minimum absolute atomic E-state index is 0.128. The van der Waals surface area contributed by atoms with Crippen molar-refractivity contribution in [1.29, 1.82) is 0 Å². The van der Waals surface area contributed by atoms with Crippen molar-refractivity contribution in [2.75, 3.05) is 6.54 Å². The monoisotopic (exact) mass is 281 g/mol. The summed E-state index contributed by atoms with van der Waals surface area (Å²) >= 11 is 5.87. The molecule has 102 valence electrons. The van der Waals surface area contributed by atoms with Gasteiger partial charge in [-0.1, -0.05) is 36.7 Å². The van der Waals surface area contributed by atoms with E-state index in [1.54, 1.807) is 30.5 Å².